The van der Waals surface area contributed by atoms with Gasteiger partial charge in [0.2, 0.25) is 0 Å². The lowest BCUT2D eigenvalue weighted by atomic mass is 9.86. The van der Waals surface area contributed by atoms with Crippen LogP contribution >= 0.6 is 34.5 Å². The van der Waals surface area contributed by atoms with Gasteiger partial charge in [-0.25, -0.2) is 4.39 Å². The number of halogens is 6. The van der Waals surface area contributed by atoms with E-state index < -0.39 is 39.6 Å². The summed E-state index contributed by atoms with van der Waals surface area (Å²) >= 11 is 12.9. The van der Waals surface area contributed by atoms with Crippen molar-refractivity contribution in [3.8, 4) is 0 Å². The predicted octanol–water partition coefficient (Wildman–Crippen LogP) is 7.34. The Balaban J connectivity index is 1.63. The van der Waals surface area contributed by atoms with Crippen LogP contribution in [0.1, 0.15) is 33.5 Å². The number of amides is 1. The second-order valence-electron chi connectivity index (χ2n) is 7.38. The maximum atomic E-state index is 14.2. The number of hydrogen-bond donors (Lipinski definition) is 1. The average Bonchev–Trinajstić information content (AvgIpc) is 3.41. The summed E-state index contributed by atoms with van der Waals surface area (Å²) in [6, 6.07) is 7.97. The van der Waals surface area contributed by atoms with E-state index in [0.717, 1.165) is 12.1 Å². The molecule has 4 nitrogen and oxygen atoms in total. The van der Waals surface area contributed by atoms with Crippen LogP contribution in [0.4, 0.5) is 23.2 Å². The third kappa shape index (κ3) is 4.32. The lowest BCUT2D eigenvalue weighted by Gasteiger charge is -2.29. The molecule has 2 heterocycles. The molecule has 0 aliphatic carbocycles. The molecule has 0 saturated carbocycles. The summed E-state index contributed by atoms with van der Waals surface area (Å²) in [6.07, 6.45) is -5.59. The number of nitrogens with zero attached hydrogens (tertiary/aromatic N) is 1. The van der Waals surface area contributed by atoms with Gasteiger partial charge in [-0.3, -0.25) is 4.79 Å². The lowest BCUT2D eigenvalue weighted by Crippen LogP contribution is -2.42. The molecule has 1 aromatic heterocycles. The Bertz CT molecular complexity index is 1240. The number of nitrogens with one attached hydrogen (secondary N) is 1. The molecule has 1 amide bonds. The Kier molecular flexibility index (Phi) is 6.15. The van der Waals surface area contributed by atoms with Crippen molar-refractivity contribution < 1.29 is 27.2 Å². The highest BCUT2D eigenvalue weighted by atomic mass is 35.5. The standard InChI is InChI=1S/C22H14Cl2F4N2O2S/c1-11-6-12(2-3-15(11)20(31)29-14-4-5-33-10-14)18-9-21(32-30-18,22(26,27)28)13-7-16(23)19(25)17(24)8-13/h2-8,10H,9H2,1H3,(H,29,31). The number of rotatable bonds is 4. The van der Waals surface area contributed by atoms with E-state index in [0.29, 0.717) is 22.4 Å². The number of anilines is 1. The third-order valence-electron chi connectivity index (χ3n) is 5.22. The molecule has 172 valence electrons. The zero-order chi connectivity index (χ0) is 24.0. The molecule has 1 aliphatic rings. The first-order valence-corrected chi connectivity index (χ1v) is 11.1. The smallest absolute Gasteiger partial charge is 0.374 e. The number of hydrogen-bond acceptors (Lipinski definition) is 4. The molecule has 0 radical (unpaired) electrons. The quantitative estimate of drug-likeness (QED) is 0.291. The fraction of sp³-hybridized carbons (Fsp3) is 0.182. The number of thiophene rings is 1. The minimum atomic E-state index is -4.90. The van der Waals surface area contributed by atoms with E-state index >= 15 is 0 Å². The van der Waals surface area contributed by atoms with E-state index in [1.807, 2.05) is 5.38 Å². The van der Waals surface area contributed by atoms with E-state index in [-0.39, 0.29) is 11.6 Å². The van der Waals surface area contributed by atoms with Gasteiger partial charge in [0.05, 0.1) is 21.4 Å². The SMILES string of the molecule is Cc1cc(C2=NOC(c3cc(Cl)c(F)c(Cl)c3)(C(F)(F)F)C2)ccc1C(=O)Nc1ccsc1. The van der Waals surface area contributed by atoms with Crippen LogP contribution in [0.5, 0.6) is 0 Å². The van der Waals surface area contributed by atoms with Crippen LogP contribution in [0.25, 0.3) is 0 Å². The molecule has 0 fully saturated rings. The molecular weight excluding hydrogens is 503 g/mol. The zero-order valence-electron chi connectivity index (χ0n) is 16.8. The van der Waals surface area contributed by atoms with Crippen molar-refractivity contribution in [1.29, 1.82) is 0 Å². The van der Waals surface area contributed by atoms with Gasteiger partial charge in [-0.05, 0) is 53.8 Å². The van der Waals surface area contributed by atoms with Crippen LogP contribution in [0.15, 0.2) is 52.3 Å². The van der Waals surface area contributed by atoms with E-state index in [1.165, 1.54) is 23.5 Å². The molecule has 11 heteroatoms. The van der Waals surface area contributed by atoms with Gasteiger partial charge in [-0.1, -0.05) is 34.4 Å². The van der Waals surface area contributed by atoms with Gasteiger partial charge < -0.3 is 10.2 Å². The highest BCUT2D eigenvalue weighted by Gasteiger charge is 2.62. The Morgan fingerprint density at radius 2 is 1.88 bits per heavy atom. The first kappa shape index (κ1) is 23.5. The van der Waals surface area contributed by atoms with Gasteiger partial charge >= 0.3 is 6.18 Å². The van der Waals surface area contributed by atoms with Gasteiger partial charge in [0.15, 0.2) is 5.82 Å². The Labute approximate surface area is 199 Å². The number of benzene rings is 2. The van der Waals surface area contributed by atoms with E-state index in [9.17, 15) is 22.4 Å². The van der Waals surface area contributed by atoms with Crippen LogP contribution in [0.2, 0.25) is 10.0 Å². The molecule has 0 saturated heterocycles. The molecule has 1 N–H and O–H groups in total. The van der Waals surface area contributed by atoms with Crippen LogP contribution < -0.4 is 5.32 Å². The van der Waals surface area contributed by atoms with Crippen molar-refractivity contribution in [1.82, 2.24) is 0 Å². The molecular formula is C22H14Cl2F4N2O2S. The first-order valence-electron chi connectivity index (χ1n) is 9.43. The van der Waals surface area contributed by atoms with E-state index in [1.54, 1.807) is 24.4 Å². The number of aryl methyl sites for hydroxylation is 1. The van der Waals surface area contributed by atoms with E-state index in [4.69, 9.17) is 28.0 Å². The maximum Gasteiger partial charge on any atom is 0.435 e. The molecule has 1 unspecified atom stereocenters. The van der Waals surface area contributed by atoms with Gasteiger partial charge in [0, 0.05) is 22.9 Å². The minimum Gasteiger partial charge on any atom is -0.374 e. The van der Waals surface area contributed by atoms with Gasteiger partial charge in [-0.15, -0.1) is 0 Å². The minimum absolute atomic E-state index is 0.0109. The predicted molar refractivity (Wildman–Crippen MR) is 120 cm³/mol. The van der Waals surface area contributed by atoms with Crippen molar-refractivity contribution >= 4 is 51.8 Å². The van der Waals surface area contributed by atoms with E-state index in [2.05, 4.69) is 10.5 Å². The molecule has 1 atom stereocenters. The summed E-state index contributed by atoms with van der Waals surface area (Å²) in [7, 11) is 0. The van der Waals surface area contributed by atoms with Gasteiger partial charge in [0.25, 0.3) is 11.5 Å². The second-order valence-corrected chi connectivity index (χ2v) is 8.97. The Morgan fingerprint density at radius 3 is 2.45 bits per heavy atom. The van der Waals surface area contributed by atoms with Crippen LogP contribution in [0.3, 0.4) is 0 Å². The van der Waals surface area contributed by atoms with Gasteiger partial charge in [-0.2, -0.15) is 24.5 Å². The largest absolute Gasteiger partial charge is 0.435 e. The Hall–Kier alpha value is -2.62. The van der Waals surface area contributed by atoms with Crippen molar-refractivity contribution in [2.75, 3.05) is 5.32 Å². The fourth-order valence-electron chi connectivity index (χ4n) is 3.48. The maximum absolute atomic E-state index is 14.2. The molecule has 33 heavy (non-hydrogen) atoms. The summed E-state index contributed by atoms with van der Waals surface area (Å²) in [6.45, 7) is 1.67. The van der Waals surface area contributed by atoms with Gasteiger partial charge in [0.1, 0.15) is 0 Å². The number of alkyl halides is 3. The number of carbonyl (C=O) groups excluding carboxylic acids is 1. The third-order valence-corrected chi connectivity index (χ3v) is 6.45. The Morgan fingerprint density at radius 1 is 1.18 bits per heavy atom. The number of oxime groups is 1. The second kappa shape index (κ2) is 8.62. The zero-order valence-corrected chi connectivity index (χ0v) is 19.1. The van der Waals surface area contributed by atoms with Crippen molar-refractivity contribution in [3.05, 3.63) is 85.3 Å². The molecule has 3 aromatic rings. The van der Waals surface area contributed by atoms with Crippen molar-refractivity contribution in [2.24, 2.45) is 5.16 Å². The highest BCUT2D eigenvalue weighted by molar-refractivity contribution is 7.08. The van der Waals surface area contributed by atoms with Crippen LogP contribution in [-0.2, 0) is 10.4 Å². The average molecular weight is 517 g/mol. The summed E-state index contributed by atoms with van der Waals surface area (Å²) in [5, 5.41) is 8.90. The fourth-order valence-corrected chi connectivity index (χ4v) is 4.55. The summed E-state index contributed by atoms with van der Waals surface area (Å²) in [5.41, 5.74) is -1.43. The van der Waals surface area contributed by atoms with Crippen LogP contribution in [-0.4, -0.2) is 17.8 Å². The number of carbonyl (C=O) groups is 1. The molecule has 4 rings (SSSR count). The summed E-state index contributed by atoms with van der Waals surface area (Å²) in [5.74, 6) is -1.37. The topological polar surface area (TPSA) is 50.7 Å². The highest BCUT2D eigenvalue weighted by Crippen LogP contribution is 2.50. The normalized spacial score (nSPS) is 18.1. The van der Waals surface area contributed by atoms with Crippen LogP contribution in [0, 0.1) is 12.7 Å². The summed E-state index contributed by atoms with van der Waals surface area (Å²) in [4.78, 5) is 17.5. The molecule has 0 spiro atoms. The molecule has 0 bridgehead atoms. The van der Waals surface area contributed by atoms with Crippen molar-refractivity contribution in [3.63, 3.8) is 0 Å². The lowest BCUT2D eigenvalue weighted by molar-refractivity contribution is -0.275. The molecule has 1 aliphatic heterocycles. The summed E-state index contributed by atoms with van der Waals surface area (Å²) < 4.78 is 56.2. The monoisotopic (exact) mass is 516 g/mol. The van der Waals surface area contributed by atoms with Crippen molar-refractivity contribution in [2.45, 2.75) is 25.1 Å². The first-order chi connectivity index (χ1) is 15.5. The molecule has 2 aromatic carbocycles.